The van der Waals surface area contributed by atoms with Crippen LogP contribution in [-0.4, -0.2) is 22.2 Å². The molecule has 4 nitrogen and oxygen atoms in total. The van der Waals surface area contributed by atoms with E-state index in [4.69, 9.17) is 4.74 Å². The minimum Gasteiger partial charge on any atom is -0.506 e. The summed E-state index contributed by atoms with van der Waals surface area (Å²) < 4.78 is 6.43. The average molecular weight is 221 g/mol. The first kappa shape index (κ1) is 12.1. The molecule has 0 saturated heterocycles. The second-order valence-electron chi connectivity index (χ2n) is 3.26. The van der Waals surface area contributed by atoms with Gasteiger partial charge in [-0.15, -0.1) is 0 Å². The number of aromatic nitrogens is 1. The molecule has 1 aromatic rings. The molecule has 0 radical (unpaired) electrons. The summed E-state index contributed by atoms with van der Waals surface area (Å²) in [4.78, 5) is 11.6. The number of aliphatic hydroxyl groups is 1. The maximum absolute atomic E-state index is 11.6. The summed E-state index contributed by atoms with van der Waals surface area (Å²) >= 11 is 0. The number of carbonyl (C=O) groups excluding carboxylic acids is 1. The highest BCUT2D eigenvalue weighted by Gasteiger charge is 2.18. The van der Waals surface area contributed by atoms with Gasteiger partial charge in [-0.2, -0.15) is 0 Å². The Kier molecular flexibility index (Phi) is 3.55. The van der Waals surface area contributed by atoms with Gasteiger partial charge in [-0.25, -0.2) is 4.79 Å². The molecule has 0 atom stereocenters. The monoisotopic (exact) mass is 221 g/mol. The molecule has 0 amide bonds. The molecular weight excluding hydrogens is 206 g/mol. The van der Waals surface area contributed by atoms with Gasteiger partial charge in [0.25, 0.3) is 0 Å². The van der Waals surface area contributed by atoms with E-state index in [2.05, 4.69) is 13.2 Å². The van der Waals surface area contributed by atoms with Crippen molar-refractivity contribution in [2.75, 3.05) is 6.61 Å². The van der Waals surface area contributed by atoms with Gasteiger partial charge in [0, 0.05) is 12.6 Å². The van der Waals surface area contributed by atoms with E-state index >= 15 is 0 Å². The van der Waals surface area contributed by atoms with Crippen LogP contribution >= 0.6 is 0 Å². The summed E-state index contributed by atoms with van der Waals surface area (Å²) in [6.07, 6.45) is 1.56. The molecule has 0 aliphatic heterocycles. The van der Waals surface area contributed by atoms with Crippen molar-refractivity contribution >= 4 is 17.8 Å². The zero-order valence-electron chi connectivity index (χ0n) is 9.49. The third-order valence-corrected chi connectivity index (χ3v) is 2.24. The molecule has 1 heterocycles. The van der Waals surface area contributed by atoms with Crippen LogP contribution < -0.4 is 0 Å². The molecule has 0 fully saturated rings. The smallest absolute Gasteiger partial charge is 0.354 e. The molecule has 0 aliphatic carbocycles. The van der Waals surface area contributed by atoms with Crippen molar-refractivity contribution < 1.29 is 14.6 Å². The molecule has 0 aromatic carbocycles. The van der Waals surface area contributed by atoms with Gasteiger partial charge < -0.3 is 14.4 Å². The first-order chi connectivity index (χ1) is 7.52. The summed E-state index contributed by atoms with van der Waals surface area (Å²) in [6, 6.07) is 1.61. The second-order valence-corrected chi connectivity index (χ2v) is 3.26. The Morgan fingerprint density at radius 1 is 1.69 bits per heavy atom. The van der Waals surface area contributed by atoms with Gasteiger partial charge in [0.1, 0.15) is 11.5 Å². The highest BCUT2D eigenvalue weighted by atomic mass is 16.5. The molecule has 1 N–H and O–H groups in total. The van der Waals surface area contributed by atoms with Crippen molar-refractivity contribution in [1.29, 1.82) is 0 Å². The zero-order valence-corrected chi connectivity index (χ0v) is 9.49. The average Bonchev–Trinajstić information content (AvgIpc) is 2.55. The zero-order chi connectivity index (χ0) is 12.3. The van der Waals surface area contributed by atoms with Crippen LogP contribution in [0, 0.1) is 0 Å². The van der Waals surface area contributed by atoms with Crippen molar-refractivity contribution in [2.24, 2.45) is 7.05 Å². The molecule has 0 spiro atoms. The van der Waals surface area contributed by atoms with E-state index in [0.717, 1.165) is 0 Å². The summed E-state index contributed by atoms with van der Waals surface area (Å²) in [7, 11) is 1.66. The Balaban J connectivity index is 3.28. The molecule has 1 rings (SSSR count). The van der Waals surface area contributed by atoms with Crippen molar-refractivity contribution in [2.45, 2.75) is 6.92 Å². The lowest BCUT2D eigenvalue weighted by Gasteiger charge is -2.06. The van der Waals surface area contributed by atoms with Crippen molar-refractivity contribution in [3.8, 4) is 0 Å². The molecule has 16 heavy (non-hydrogen) atoms. The number of esters is 1. The first-order valence-corrected chi connectivity index (χ1v) is 4.90. The Morgan fingerprint density at radius 3 is 2.69 bits per heavy atom. The van der Waals surface area contributed by atoms with Crippen LogP contribution in [0.5, 0.6) is 0 Å². The molecular formula is C12H15NO3. The Morgan fingerprint density at radius 2 is 2.31 bits per heavy atom. The highest BCUT2D eigenvalue weighted by molar-refractivity contribution is 5.90. The van der Waals surface area contributed by atoms with Crippen LogP contribution in [0.15, 0.2) is 19.2 Å². The normalized spacial score (nSPS) is 9.88. The minimum atomic E-state index is -0.430. The van der Waals surface area contributed by atoms with Gasteiger partial charge in [-0.3, -0.25) is 0 Å². The molecule has 4 heteroatoms. The second kappa shape index (κ2) is 4.70. The fourth-order valence-electron chi connectivity index (χ4n) is 1.54. The fraction of sp³-hybridized carbons (Fsp3) is 0.250. The molecule has 86 valence electrons. The van der Waals surface area contributed by atoms with Gasteiger partial charge in [-0.05, 0) is 13.0 Å². The quantitative estimate of drug-likeness (QED) is 0.627. The van der Waals surface area contributed by atoms with Crippen LogP contribution in [0.25, 0.3) is 11.8 Å². The van der Waals surface area contributed by atoms with Crippen molar-refractivity contribution in [3.63, 3.8) is 0 Å². The van der Waals surface area contributed by atoms with E-state index in [9.17, 15) is 9.90 Å². The van der Waals surface area contributed by atoms with E-state index in [1.807, 2.05) is 0 Å². The van der Waals surface area contributed by atoms with Gasteiger partial charge in [0.15, 0.2) is 0 Å². The Hall–Kier alpha value is -1.97. The van der Waals surface area contributed by atoms with Crippen molar-refractivity contribution in [3.05, 3.63) is 36.2 Å². The molecule has 0 aliphatic rings. The van der Waals surface area contributed by atoms with E-state index in [0.29, 0.717) is 23.6 Å². The summed E-state index contributed by atoms with van der Waals surface area (Å²) in [5, 5.41) is 9.43. The number of hydrogen-bond acceptors (Lipinski definition) is 3. The van der Waals surface area contributed by atoms with Gasteiger partial charge in [0.2, 0.25) is 0 Å². The van der Waals surface area contributed by atoms with Crippen LogP contribution in [0.4, 0.5) is 0 Å². The first-order valence-electron chi connectivity index (χ1n) is 4.90. The predicted octanol–water partition coefficient (Wildman–Crippen LogP) is 2.37. The number of hydrogen-bond donors (Lipinski definition) is 1. The largest absolute Gasteiger partial charge is 0.506 e. The number of rotatable bonds is 4. The number of aliphatic hydroxyl groups excluding tert-OH is 1. The summed E-state index contributed by atoms with van der Waals surface area (Å²) in [5.74, 6) is -0.534. The number of carbonyl (C=O) groups is 1. The van der Waals surface area contributed by atoms with Gasteiger partial charge in [0.05, 0.1) is 12.3 Å². The van der Waals surface area contributed by atoms with E-state index < -0.39 is 5.97 Å². The number of nitrogens with zero attached hydrogens (tertiary/aromatic N) is 1. The summed E-state index contributed by atoms with van der Waals surface area (Å²) in [6.45, 7) is 9.11. The van der Waals surface area contributed by atoms with Gasteiger partial charge in [-0.1, -0.05) is 19.2 Å². The van der Waals surface area contributed by atoms with E-state index in [1.165, 1.54) is 4.57 Å². The van der Waals surface area contributed by atoms with E-state index in [-0.39, 0.29) is 5.76 Å². The standard InChI is InChI=1S/C12H15NO3/c1-5-9-7-10(12(15)16-6-2)13(4)11(9)8(3)14/h5,7,14H,1,3,6H2,2,4H3. The molecule has 0 unspecified atom stereocenters. The lowest BCUT2D eigenvalue weighted by Crippen LogP contribution is -2.10. The maximum Gasteiger partial charge on any atom is 0.354 e. The van der Waals surface area contributed by atoms with Crippen LogP contribution in [-0.2, 0) is 11.8 Å². The lowest BCUT2D eigenvalue weighted by molar-refractivity contribution is 0.0515. The number of ether oxygens (including phenoxy) is 1. The topological polar surface area (TPSA) is 51.5 Å². The lowest BCUT2D eigenvalue weighted by atomic mass is 10.2. The third-order valence-electron chi connectivity index (χ3n) is 2.24. The predicted molar refractivity (Wildman–Crippen MR) is 63.1 cm³/mol. The van der Waals surface area contributed by atoms with Crippen LogP contribution in [0.2, 0.25) is 0 Å². The van der Waals surface area contributed by atoms with E-state index in [1.54, 1.807) is 26.1 Å². The molecule has 0 saturated carbocycles. The van der Waals surface area contributed by atoms with Gasteiger partial charge >= 0.3 is 5.97 Å². The third kappa shape index (κ3) is 2.00. The SMILES string of the molecule is C=Cc1cc(C(=O)OCC)n(C)c1C(=C)O. The molecule has 1 aromatic heterocycles. The highest BCUT2D eigenvalue weighted by Crippen LogP contribution is 2.21. The fourth-order valence-corrected chi connectivity index (χ4v) is 1.54. The van der Waals surface area contributed by atoms with Crippen LogP contribution in [0.1, 0.15) is 28.7 Å². The minimum absolute atomic E-state index is 0.104. The molecule has 0 bridgehead atoms. The van der Waals surface area contributed by atoms with Crippen molar-refractivity contribution in [1.82, 2.24) is 4.57 Å². The summed E-state index contributed by atoms with van der Waals surface area (Å²) in [5.41, 5.74) is 1.48. The Bertz CT molecular complexity index is 443. The van der Waals surface area contributed by atoms with Crippen LogP contribution in [0.3, 0.4) is 0 Å². The maximum atomic E-state index is 11.6. The Labute approximate surface area is 94.5 Å².